The lowest BCUT2D eigenvalue weighted by Gasteiger charge is -2.04. The molecular formula is C12H12N2O3. The van der Waals surface area contributed by atoms with E-state index in [4.69, 9.17) is 4.74 Å². The SMILES string of the molecule is COc1cccc(Cc2cc(=O)[nH]c(=O)[nH]2)c1. The minimum atomic E-state index is -0.490. The highest BCUT2D eigenvalue weighted by Crippen LogP contribution is 2.14. The summed E-state index contributed by atoms with van der Waals surface area (Å²) in [5.74, 6) is 0.745. The van der Waals surface area contributed by atoms with Crippen molar-refractivity contribution in [1.29, 1.82) is 0 Å². The lowest BCUT2D eigenvalue weighted by atomic mass is 10.1. The van der Waals surface area contributed by atoms with E-state index < -0.39 is 11.2 Å². The van der Waals surface area contributed by atoms with Crippen molar-refractivity contribution < 1.29 is 4.74 Å². The quantitative estimate of drug-likeness (QED) is 0.816. The number of hydrogen-bond acceptors (Lipinski definition) is 3. The molecule has 0 amide bonds. The first kappa shape index (κ1) is 11.2. The summed E-state index contributed by atoms with van der Waals surface area (Å²) in [7, 11) is 1.59. The molecule has 0 spiro atoms. The van der Waals surface area contributed by atoms with E-state index in [1.54, 1.807) is 7.11 Å². The van der Waals surface area contributed by atoms with Crippen molar-refractivity contribution in [3.63, 3.8) is 0 Å². The van der Waals surface area contributed by atoms with Gasteiger partial charge in [-0.15, -0.1) is 0 Å². The first-order valence-electron chi connectivity index (χ1n) is 5.13. The molecular weight excluding hydrogens is 220 g/mol. The van der Waals surface area contributed by atoms with Gasteiger partial charge in [-0.3, -0.25) is 9.78 Å². The molecule has 2 aromatic rings. The number of H-pyrrole nitrogens is 2. The largest absolute Gasteiger partial charge is 0.497 e. The second-order valence-electron chi connectivity index (χ2n) is 3.64. The van der Waals surface area contributed by atoms with Crippen molar-refractivity contribution in [1.82, 2.24) is 9.97 Å². The van der Waals surface area contributed by atoms with E-state index in [1.807, 2.05) is 24.3 Å². The van der Waals surface area contributed by atoms with Gasteiger partial charge in [-0.1, -0.05) is 12.1 Å². The number of methoxy groups -OCH3 is 1. The van der Waals surface area contributed by atoms with E-state index in [0.29, 0.717) is 12.1 Å². The monoisotopic (exact) mass is 232 g/mol. The third-order valence-corrected chi connectivity index (χ3v) is 2.34. The highest BCUT2D eigenvalue weighted by molar-refractivity contribution is 5.30. The van der Waals surface area contributed by atoms with Gasteiger partial charge < -0.3 is 9.72 Å². The molecule has 0 aliphatic rings. The number of aromatic nitrogens is 2. The van der Waals surface area contributed by atoms with Gasteiger partial charge in [-0.05, 0) is 17.7 Å². The summed E-state index contributed by atoms with van der Waals surface area (Å²) in [5, 5.41) is 0. The summed E-state index contributed by atoms with van der Waals surface area (Å²) in [5.41, 5.74) is 0.652. The van der Waals surface area contributed by atoms with Gasteiger partial charge in [-0.25, -0.2) is 4.79 Å². The number of aromatic amines is 2. The third kappa shape index (κ3) is 2.84. The molecule has 0 aliphatic heterocycles. The summed E-state index contributed by atoms with van der Waals surface area (Å²) in [6, 6.07) is 8.84. The van der Waals surface area contributed by atoms with Gasteiger partial charge >= 0.3 is 5.69 Å². The first-order valence-corrected chi connectivity index (χ1v) is 5.13. The standard InChI is InChI=1S/C12H12N2O3/c1-17-10-4-2-3-8(6-10)5-9-7-11(15)14-12(16)13-9/h2-4,6-7H,5H2,1H3,(H2,13,14,15,16). The average Bonchev–Trinajstić information content (AvgIpc) is 2.28. The van der Waals surface area contributed by atoms with Crippen molar-refractivity contribution in [3.05, 3.63) is 62.4 Å². The van der Waals surface area contributed by atoms with Crippen LogP contribution in [0.2, 0.25) is 0 Å². The Balaban J connectivity index is 2.31. The van der Waals surface area contributed by atoms with Gasteiger partial charge in [0.1, 0.15) is 5.75 Å². The predicted molar refractivity (Wildman–Crippen MR) is 63.5 cm³/mol. The van der Waals surface area contributed by atoms with Crippen LogP contribution < -0.4 is 16.0 Å². The lowest BCUT2D eigenvalue weighted by Crippen LogP contribution is -2.23. The molecule has 5 nitrogen and oxygen atoms in total. The van der Waals surface area contributed by atoms with Crippen LogP contribution in [-0.4, -0.2) is 17.1 Å². The van der Waals surface area contributed by atoms with Crippen LogP contribution in [0.5, 0.6) is 5.75 Å². The van der Waals surface area contributed by atoms with Gasteiger partial charge in [0.25, 0.3) is 5.56 Å². The molecule has 5 heteroatoms. The number of hydrogen-bond donors (Lipinski definition) is 2. The molecule has 2 rings (SSSR count). The molecule has 0 aliphatic carbocycles. The van der Waals surface area contributed by atoms with Crippen molar-refractivity contribution >= 4 is 0 Å². The highest BCUT2D eigenvalue weighted by Gasteiger charge is 2.00. The molecule has 0 unspecified atom stereocenters. The summed E-state index contributed by atoms with van der Waals surface area (Å²) in [6.07, 6.45) is 0.482. The van der Waals surface area contributed by atoms with Gasteiger partial charge in [-0.2, -0.15) is 0 Å². The Labute approximate surface area is 97.1 Å². The van der Waals surface area contributed by atoms with Crippen molar-refractivity contribution in [2.24, 2.45) is 0 Å². The maximum absolute atomic E-state index is 11.1. The minimum Gasteiger partial charge on any atom is -0.497 e. The maximum atomic E-state index is 11.1. The number of rotatable bonds is 3. The Morgan fingerprint density at radius 3 is 2.71 bits per heavy atom. The molecule has 0 fully saturated rings. The smallest absolute Gasteiger partial charge is 0.325 e. The summed E-state index contributed by atoms with van der Waals surface area (Å²) < 4.78 is 5.10. The lowest BCUT2D eigenvalue weighted by molar-refractivity contribution is 0.414. The predicted octanol–water partition coefficient (Wildman–Crippen LogP) is 0.663. The van der Waals surface area contributed by atoms with Crippen LogP contribution >= 0.6 is 0 Å². The van der Waals surface area contributed by atoms with Gasteiger partial charge in [0.05, 0.1) is 7.11 Å². The van der Waals surface area contributed by atoms with Crippen LogP contribution in [0.3, 0.4) is 0 Å². The van der Waals surface area contributed by atoms with Gasteiger partial charge in [0, 0.05) is 18.2 Å². The molecule has 0 atom stereocenters. The number of nitrogens with one attached hydrogen (secondary N) is 2. The van der Waals surface area contributed by atoms with Gasteiger partial charge in [0.15, 0.2) is 0 Å². The van der Waals surface area contributed by atoms with E-state index in [2.05, 4.69) is 9.97 Å². The summed E-state index contributed by atoms with van der Waals surface area (Å²) in [4.78, 5) is 26.9. The Morgan fingerprint density at radius 2 is 2.00 bits per heavy atom. The third-order valence-electron chi connectivity index (χ3n) is 2.34. The van der Waals surface area contributed by atoms with Crippen LogP contribution in [-0.2, 0) is 6.42 Å². The molecule has 1 aromatic heterocycles. The number of ether oxygens (including phenoxy) is 1. The van der Waals surface area contributed by atoms with Crippen molar-refractivity contribution in [2.75, 3.05) is 7.11 Å². The van der Waals surface area contributed by atoms with Crippen LogP contribution in [0.1, 0.15) is 11.3 Å². The average molecular weight is 232 g/mol. The molecule has 0 saturated carbocycles. The molecule has 0 saturated heterocycles. The van der Waals surface area contributed by atoms with E-state index in [9.17, 15) is 9.59 Å². The Bertz CT molecular complexity index is 600. The topological polar surface area (TPSA) is 75.0 Å². The second kappa shape index (κ2) is 4.69. The Hall–Kier alpha value is -2.30. The molecule has 88 valence electrons. The van der Waals surface area contributed by atoms with E-state index in [0.717, 1.165) is 11.3 Å². The van der Waals surface area contributed by atoms with Crippen LogP contribution in [0.15, 0.2) is 39.9 Å². The van der Waals surface area contributed by atoms with Crippen LogP contribution in [0.4, 0.5) is 0 Å². The summed E-state index contributed by atoms with van der Waals surface area (Å²) >= 11 is 0. The van der Waals surface area contributed by atoms with Crippen molar-refractivity contribution in [3.8, 4) is 5.75 Å². The van der Waals surface area contributed by atoms with Gasteiger partial charge in [0.2, 0.25) is 0 Å². The molecule has 0 radical (unpaired) electrons. The molecule has 0 bridgehead atoms. The maximum Gasteiger partial charge on any atom is 0.325 e. The molecule has 17 heavy (non-hydrogen) atoms. The highest BCUT2D eigenvalue weighted by atomic mass is 16.5. The fourth-order valence-electron chi connectivity index (χ4n) is 1.62. The van der Waals surface area contributed by atoms with E-state index >= 15 is 0 Å². The van der Waals surface area contributed by atoms with Crippen LogP contribution in [0, 0.1) is 0 Å². The number of benzene rings is 1. The molecule has 2 N–H and O–H groups in total. The molecule has 1 aromatic carbocycles. The Morgan fingerprint density at radius 1 is 1.18 bits per heavy atom. The normalized spacial score (nSPS) is 10.2. The van der Waals surface area contributed by atoms with Crippen molar-refractivity contribution in [2.45, 2.75) is 6.42 Å². The summed E-state index contributed by atoms with van der Waals surface area (Å²) in [6.45, 7) is 0. The van der Waals surface area contributed by atoms with E-state index in [-0.39, 0.29) is 0 Å². The van der Waals surface area contributed by atoms with Crippen LogP contribution in [0.25, 0.3) is 0 Å². The molecule has 1 heterocycles. The zero-order valence-corrected chi connectivity index (χ0v) is 9.32. The van der Waals surface area contributed by atoms with E-state index in [1.165, 1.54) is 6.07 Å². The zero-order chi connectivity index (χ0) is 12.3. The fourth-order valence-corrected chi connectivity index (χ4v) is 1.62. The minimum absolute atomic E-state index is 0.397. The second-order valence-corrected chi connectivity index (χ2v) is 3.64. The zero-order valence-electron chi connectivity index (χ0n) is 9.32. The Kier molecular flexibility index (Phi) is 3.09. The first-order chi connectivity index (χ1) is 8.17. The fraction of sp³-hybridized carbons (Fsp3) is 0.167.